The van der Waals surface area contributed by atoms with E-state index in [1.54, 1.807) is 0 Å². The zero-order chi connectivity index (χ0) is 14.7. The molecule has 0 amide bonds. The first kappa shape index (κ1) is 14.5. The molecule has 2 rings (SSSR count). The lowest BCUT2D eigenvalue weighted by atomic mass is 10.2. The van der Waals surface area contributed by atoms with E-state index in [1.165, 1.54) is 7.11 Å². The molecule has 1 aliphatic carbocycles. The number of nitrogens with one attached hydrogen (secondary N) is 1. The Kier molecular flexibility index (Phi) is 4.36. The Hall–Kier alpha value is -1.92. The molecular weight excluding hydrogens is 260 g/mol. The molecule has 1 saturated carbocycles. The zero-order valence-corrected chi connectivity index (χ0v) is 12.0. The van der Waals surface area contributed by atoms with E-state index in [1.807, 2.05) is 13.8 Å². The topological polar surface area (TPSA) is 90.2 Å². The van der Waals surface area contributed by atoms with Gasteiger partial charge >= 0.3 is 5.69 Å². The maximum Gasteiger partial charge on any atom is 0.372 e. The van der Waals surface area contributed by atoms with Gasteiger partial charge in [0.15, 0.2) is 0 Å². The van der Waals surface area contributed by atoms with Crippen LogP contribution in [-0.4, -0.2) is 28.0 Å². The van der Waals surface area contributed by atoms with E-state index in [2.05, 4.69) is 15.3 Å². The second kappa shape index (κ2) is 6.02. The third kappa shape index (κ3) is 2.97. The van der Waals surface area contributed by atoms with Crippen LogP contribution in [0, 0.1) is 10.1 Å². The van der Waals surface area contributed by atoms with Gasteiger partial charge in [0.2, 0.25) is 5.82 Å². The molecule has 1 aromatic rings. The fraction of sp³-hybridized carbons (Fsp3) is 0.692. The molecule has 0 spiro atoms. The number of nitro groups is 1. The molecule has 1 fully saturated rings. The third-order valence-corrected chi connectivity index (χ3v) is 3.46. The van der Waals surface area contributed by atoms with Gasteiger partial charge in [0.25, 0.3) is 5.88 Å². The summed E-state index contributed by atoms with van der Waals surface area (Å²) < 4.78 is 5.07. The Labute approximate surface area is 117 Å². The summed E-state index contributed by atoms with van der Waals surface area (Å²) >= 11 is 0. The Morgan fingerprint density at radius 3 is 2.50 bits per heavy atom. The normalized spacial score (nSPS) is 15.6. The average molecular weight is 280 g/mol. The van der Waals surface area contributed by atoms with Crippen LogP contribution in [0.4, 0.5) is 11.5 Å². The number of anilines is 1. The fourth-order valence-electron chi connectivity index (χ4n) is 2.38. The van der Waals surface area contributed by atoms with Gasteiger partial charge in [0.05, 0.1) is 12.0 Å². The molecule has 0 aromatic carbocycles. The highest BCUT2D eigenvalue weighted by Crippen LogP contribution is 2.34. The third-order valence-electron chi connectivity index (χ3n) is 3.46. The van der Waals surface area contributed by atoms with E-state index in [4.69, 9.17) is 4.74 Å². The molecule has 0 unspecified atom stereocenters. The molecule has 7 heteroatoms. The van der Waals surface area contributed by atoms with E-state index < -0.39 is 4.92 Å². The van der Waals surface area contributed by atoms with E-state index in [-0.39, 0.29) is 29.3 Å². The lowest BCUT2D eigenvalue weighted by molar-refractivity contribution is -0.385. The number of rotatable bonds is 5. The lowest BCUT2D eigenvalue weighted by Gasteiger charge is -2.15. The van der Waals surface area contributed by atoms with Crippen molar-refractivity contribution in [3.8, 4) is 5.88 Å². The predicted octanol–water partition coefficient (Wildman–Crippen LogP) is 2.87. The predicted molar refractivity (Wildman–Crippen MR) is 75.2 cm³/mol. The Morgan fingerprint density at radius 1 is 1.35 bits per heavy atom. The van der Waals surface area contributed by atoms with Crippen LogP contribution < -0.4 is 10.1 Å². The molecule has 1 aromatic heterocycles. The van der Waals surface area contributed by atoms with Gasteiger partial charge in [-0.25, -0.2) is 4.98 Å². The molecule has 1 heterocycles. The Bertz CT molecular complexity index is 499. The summed E-state index contributed by atoms with van der Waals surface area (Å²) in [7, 11) is 1.39. The second-order valence-corrected chi connectivity index (χ2v) is 5.33. The molecule has 0 aliphatic heterocycles. The summed E-state index contributed by atoms with van der Waals surface area (Å²) in [6, 6.07) is 0.244. The van der Waals surface area contributed by atoms with Crippen molar-refractivity contribution in [2.75, 3.05) is 12.4 Å². The number of methoxy groups -OCH3 is 1. The second-order valence-electron chi connectivity index (χ2n) is 5.33. The largest absolute Gasteiger partial charge is 0.476 e. The minimum Gasteiger partial charge on any atom is -0.476 e. The minimum atomic E-state index is -0.486. The van der Waals surface area contributed by atoms with Gasteiger partial charge in [0.1, 0.15) is 5.82 Å². The maximum absolute atomic E-state index is 11.3. The van der Waals surface area contributed by atoms with Gasteiger partial charge in [-0.05, 0) is 12.8 Å². The minimum absolute atomic E-state index is 0.0224. The van der Waals surface area contributed by atoms with Crippen LogP contribution in [0.15, 0.2) is 0 Å². The first-order valence-electron chi connectivity index (χ1n) is 6.89. The molecule has 1 aliphatic rings. The van der Waals surface area contributed by atoms with Crippen LogP contribution in [0.25, 0.3) is 0 Å². The molecule has 0 saturated heterocycles. The summed E-state index contributed by atoms with van der Waals surface area (Å²) in [5.41, 5.74) is -0.177. The van der Waals surface area contributed by atoms with Gasteiger partial charge in [-0.15, -0.1) is 0 Å². The van der Waals surface area contributed by atoms with Crippen LogP contribution in [-0.2, 0) is 0 Å². The maximum atomic E-state index is 11.3. The molecular formula is C13H20N4O3. The van der Waals surface area contributed by atoms with Crippen LogP contribution in [0.1, 0.15) is 51.3 Å². The number of nitrogens with zero attached hydrogens (tertiary/aromatic N) is 3. The summed E-state index contributed by atoms with van der Waals surface area (Å²) in [4.78, 5) is 19.2. The summed E-state index contributed by atoms with van der Waals surface area (Å²) in [6.07, 6.45) is 4.32. The van der Waals surface area contributed by atoms with Gasteiger partial charge in [-0.3, -0.25) is 10.1 Å². The van der Waals surface area contributed by atoms with E-state index >= 15 is 0 Å². The van der Waals surface area contributed by atoms with Gasteiger partial charge < -0.3 is 10.1 Å². The monoisotopic (exact) mass is 280 g/mol. The zero-order valence-electron chi connectivity index (χ0n) is 12.0. The smallest absolute Gasteiger partial charge is 0.372 e. The van der Waals surface area contributed by atoms with E-state index in [9.17, 15) is 10.1 Å². The summed E-state index contributed by atoms with van der Waals surface area (Å²) in [5, 5.41) is 14.4. The number of hydrogen-bond donors (Lipinski definition) is 1. The summed E-state index contributed by atoms with van der Waals surface area (Å²) in [6.45, 7) is 3.89. The average Bonchev–Trinajstić information content (AvgIpc) is 2.90. The molecule has 20 heavy (non-hydrogen) atoms. The summed E-state index contributed by atoms with van der Waals surface area (Å²) in [5.74, 6) is 0.924. The van der Waals surface area contributed by atoms with Gasteiger partial charge in [-0.1, -0.05) is 26.7 Å². The van der Waals surface area contributed by atoms with Crippen LogP contribution >= 0.6 is 0 Å². The van der Waals surface area contributed by atoms with Crippen molar-refractivity contribution >= 4 is 11.5 Å². The quantitative estimate of drug-likeness (QED) is 0.658. The van der Waals surface area contributed by atoms with Crippen LogP contribution in [0.3, 0.4) is 0 Å². The van der Waals surface area contributed by atoms with Crippen molar-refractivity contribution < 1.29 is 9.66 Å². The highest BCUT2D eigenvalue weighted by molar-refractivity contribution is 5.62. The van der Waals surface area contributed by atoms with Crippen molar-refractivity contribution in [3.63, 3.8) is 0 Å². The van der Waals surface area contributed by atoms with E-state index in [0.717, 1.165) is 25.7 Å². The molecule has 1 N–H and O–H groups in total. The van der Waals surface area contributed by atoms with E-state index in [0.29, 0.717) is 5.82 Å². The van der Waals surface area contributed by atoms with Crippen molar-refractivity contribution in [1.29, 1.82) is 0 Å². The van der Waals surface area contributed by atoms with Gasteiger partial charge in [0, 0.05) is 12.0 Å². The standard InChI is InChI=1S/C13H20N4O3/c1-8(2)11-15-12(14-9-6-4-5-7-9)10(17(18)19)13(16-11)20-3/h8-9H,4-7H2,1-3H3,(H,14,15,16). The molecule has 0 atom stereocenters. The number of ether oxygens (including phenoxy) is 1. The number of hydrogen-bond acceptors (Lipinski definition) is 6. The Balaban J connectivity index is 2.43. The lowest BCUT2D eigenvalue weighted by Crippen LogP contribution is -2.18. The molecule has 0 bridgehead atoms. The fourth-order valence-corrected chi connectivity index (χ4v) is 2.38. The van der Waals surface area contributed by atoms with Gasteiger partial charge in [-0.2, -0.15) is 4.98 Å². The van der Waals surface area contributed by atoms with Crippen molar-refractivity contribution in [2.45, 2.75) is 51.5 Å². The van der Waals surface area contributed by atoms with Crippen LogP contribution in [0.2, 0.25) is 0 Å². The van der Waals surface area contributed by atoms with Crippen molar-refractivity contribution in [3.05, 3.63) is 15.9 Å². The molecule has 0 radical (unpaired) electrons. The number of aromatic nitrogens is 2. The SMILES string of the molecule is COc1nc(C(C)C)nc(NC2CCCC2)c1[N+](=O)[O-]. The molecule has 7 nitrogen and oxygen atoms in total. The highest BCUT2D eigenvalue weighted by atomic mass is 16.6. The van der Waals surface area contributed by atoms with Crippen molar-refractivity contribution in [2.24, 2.45) is 0 Å². The molecule has 110 valence electrons. The van der Waals surface area contributed by atoms with Crippen LogP contribution in [0.5, 0.6) is 5.88 Å². The first-order chi connectivity index (χ1) is 9.52. The Morgan fingerprint density at radius 2 is 2.00 bits per heavy atom. The first-order valence-corrected chi connectivity index (χ1v) is 6.89. The highest BCUT2D eigenvalue weighted by Gasteiger charge is 2.28. The van der Waals surface area contributed by atoms with Crippen molar-refractivity contribution in [1.82, 2.24) is 9.97 Å².